The number of hydrogen-bond donors (Lipinski definition) is 0. The molecule has 0 spiro atoms. The molecule has 0 aromatic carbocycles. The van der Waals surface area contributed by atoms with Gasteiger partial charge in [0.15, 0.2) is 0 Å². The van der Waals surface area contributed by atoms with Gasteiger partial charge in [-0.1, -0.05) is 0 Å². The first-order chi connectivity index (χ1) is 6.73. The molecule has 0 radical (unpaired) electrons. The summed E-state index contributed by atoms with van der Waals surface area (Å²) in [4.78, 5) is 16.1. The zero-order valence-electron chi connectivity index (χ0n) is 9.83. The van der Waals surface area contributed by atoms with Crippen LogP contribution < -0.4 is 0 Å². The number of nitrogens with zero attached hydrogens (tertiary/aromatic N) is 1. The number of aromatic nitrogens is 1. The van der Waals surface area contributed by atoms with Crippen LogP contribution in [0.15, 0.2) is 10.9 Å². The van der Waals surface area contributed by atoms with Crippen molar-refractivity contribution in [1.29, 1.82) is 0 Å². The van der Waals surface area contributed by atoms with Crippen LogP contribution >= 0.6 is 11.3 Å². The van der Waals surface area contributed by atoms with E-state index in [1.54, 1.807) is 5.51 Å². The summed E-state index contributed by atoms with van der Waals surface area (Å²) < 4.78 is 5.35. The molecular formula is C11H17NO2S. The van der Waals surface area contributed by atoms with Crippen LogP contribution in [-0.4, -0.2) is 16.6 Å². The zero-order chi connectivity index (χ0) is 11.7. The molecule has 0 aliphatic heterocycles. The molecule has 3 nitrogen and oxygen atoms in total. The molecule has 0 fully saturated rings. The molecule has 0 aliphatic carbocycles. The molecule has 0 amide bonds. The number of esters is 1. The molecule has 0 bridgehead atoms. The molecule has 0 unspecified atom stereocenters. The van der Waals surface area contributed by atoms with Crippen LogP contribution in [-0.2, 0) is 14.9 Å². The van der Waals surface area contributed by atoms with Crippen molar-refractivity contribution in [3.8, 4) is 0 Å². The minimum atomic E-state index is -0.673. The molecule has 1 aromatic heterocycles. The van der Waals surface area contributed by atoms with Crippen LogP contribution in [0.5, 0.6) is 0 Å². The first-order valence-electron chi connectivity index (χ1n) is 4.85. The van der Waals surface area contributed by atoms with Crippen LogP contribution in [0.2, 0.25) is 0 Å². The monoisotopic (exact) mass is 227 g/mol. The van der Waals surface area contributed by atoms with Gasteiger partial charge in [-0.2, -0.15) is 0 Å². The highest BCUT2D eigenvalue weighted by molar-refractivity contribution is 7.07. The standard InChI is InChI=1S/C11H17NO2S/c1-10(2,3)14-9(13)11(4,5)8-6-15-7-12-8/h6-7H,1-5H3. The third-order valence-electron chi connectivity index (χ3n) is 1.98. The molecule has 0 saturated heterocycles. The molecule has 1 aromatic rings. The average Bonchev–Trinajstić information content (AvgIpc) is 2.52. The van der Waals surface area contributed by atoms with Gasteiger partial charge in [-0.15, -0.1) is 11.3 Å². The summed E-state index contributed by atoms with van der Waals surface area (Å²) in [6.45, 7) is 9.25. The van der Waals surface area contributed by atoms with Crippen LogP contribution in [0.4, 0.5) is 0 Å². The van der Waals surface area contributed by atoms with Crippen LogP contribution in [0, 0.1) is 0 Å². The van der Waals surface area contributed by atoms with Crippen LogP contribution in [0.3, 0.4) is 0 Å². The van der Waals surface area contributed by atoms with Gasteiger partial charge in [-0.05, 0) is 34.6 Å². The summed E-state index contributed by atoms with van der Waals surface area (Å²) in [6.07, 6.45) is 0. The lowest BCUT2D eigenvalue weighted by Gasteiger charge is -2.27. The molecule has 84 valence electrons. The van der Waals surface area contributed by atoms with E-state index in [-0.39, 0.29) is 5.97 Å². The summed E-state index contributed by atoms with van der Waals surface area (Å²) in [6, 6.07) is 0. The van der Waals surface area contributed by atoms with E-state index in [2.05, 4.69) is 4.98 Å². The predicted octanol–water partition coefficient (Wildman–Crippen LogP) is 2.76. The lowest BCUT2D eigenvalue weighted by molar-refractivity contribution is -0.161. The summed E-state index contributed by atoms with van der Waals surface area (Å²) in [5.74, 6) is -0.235. The Bertz CT molecular complexity index is 336. The van der Waals surface area contributed by atoms with E-state index in [9.17, 15) is 4.79 Å². The van der Waals surface area contributed by atoms with Crippen molar-refractivity contribution in [2.75, 3.05) is 0 Å². The second-order valence-electron chi connectivity index (χ2n) is 5.00. The van der Waals surface area contributed by atoms with Crippen LogP contribution in [0.25, 0.3) is 0 Å². The second kappa shape index (κ2) is 3.93. The fourth-order valence-corrected chi connectivity index (χ4v) is 1.75. The zero-order valence-corrected chi connectivity index (χ0v) is 10.6. The Hall–Kier alpha value is -0.900. The number of carbonyl (C=O) groups excluding carboxylic acids is 1. The lowest BCUT2D eigenvalue weighted by Crippen LogP contribution is -2.37. The highest BCUT2D eigenvalue weighted by Gasteiger charge is 2.35. The quantitative estimate of drug-likeness (QED) is 0.729. The first-order valence-corrected chi connectivity index (χ1v) is 5.80. The SMILES string of the molecule is CC(C)(C)OC(=O)C(C)(C)c1cscn1. The Balaban J connectivity index is 2.83. The minimum absolute atomic E-state index is 0.235. The topological polar surface area (TPSA) is 39.2 Å². The summed E-state index contributed by atoms with van der Waals surface area (Å²) in [7, 11) is 0. The molecule has 0 saturated carbocycles. The van der Waals surface area contributed by atoms with E-state index in [1.807, 2.05) is 40.0 Å². The molecule has 1 rings (SSSR count). The molecule has 4 heteroatoms. The van der Waals surface area contributed by atoms with Crippen molar-refractivity contribution in [2.45, 2.75) is 45.6 Å². The van der Waals surface area contributed by atoms with Gasteiger partial charge < -0.3 is 4.74 Å². The molecule has 0 atom stereocenters. The van der Waals surface area contributed by atoms with Crippen molar-refractivity contribution in [3.05, 3.63) is 16.6 Å². The second-order valence-corrected chi connectivity index (χ2v) is 5.72. The van der Waals surface area contributed by atoms with Crippen molar-refractivity contribution >= 4 is 17.3 Å². The Labute approximate surface area is 94.5 Å². The Morgan fingerprint density at radius 2 is 1.93 bits per heavy atom. The van der Waals surface area contributed by atoms with E-state index < -0.39 is 11.0 Å². The molecule has 0 aliphatic rings. The van der Waals surface area contributed by atoms with Crippen molar-refractivity contribution in [2.24, 2.45) is 0 Å². The van der Waals surface area contributed by atoms with E-state index in [4.69, 9.17) is 4.74 Å². The van der Waals surface area contributed by atoms with Gasteiger partial charge >= 0.3 is 5.97 Å². The summed E-state index contributed by atoms with van der Waals surface area (Å²) >= 11 is 1.48. The van der Waals surface area contributed by atoms with Gasteiger partial charge in [0.1, 0.15) is 11.0 Å². The van der Waals surface area contributed by atoms with E-state index >= 15 is 0 Å². The van der Waals surface area contributed by atoms with E-state index in [1.165, 1.54) is 11.3 Å². The van der Waals surface area contributed by atoms with Gasteiger partial charge in [-0.25, -0.2) is 4.98 Å². The molecule has 1 heterocycles. The fraction of sp³-hybridized carbons (Fsp3) is 0.636. The first kappa shape index (κ1) is 12.2. The predicted molar refractivity (Wildman–Crippen MR) is 61.0 cm³/mol. The number of rotatable bonds is 2. The Kier molecular flexibility index (Phi) is 3.19. The summed E-state index contributed by atoms with van der Waals surface area (Å²) in [5, 5.41) is 1.88. The molecular weight excluding hydrogens is 210 g/mol. The van der Waals surface area contributed by atoms with Crippen LogP contribution in [0.1, 0.15) is 40.3 Å². The number of thiazole rings is 1. The maximum Gasteiger partial charge on any atom is 0.318 e. The average molecular weight is 227 g/mol. The number of ether oxygens (including phenoxy) is 1. The minimum Gasteiger partial charge on any atom is -0.459 e. The molecule has 0 N–H and O–H groups in total. The highest BCUT2D eigenvalue weighted by atomic mass is 32.1. The third kappa shape index (κ3) is 3.02. The Morgan fingerprint density at radius 3 is 2.33 bits per heavy atom. The van der Waals surface area contributed by atoms with Gasteiger partial charge in [0, 0.05) is 5.38 Å². The molecule has 15 heavy (non-hydrogen) atoms. The van der Waals surface area contributed by atoms with Crippen molar-refractivity contribution < 1.29 is 9.53 Å². The van der Waals surface area contributed by atoms with Gasteiger partial charge in [0.05, 0.1) is 11.2 Å². The number of hydrogen-bond acceptors (Lipinski definition) is 4. The van der Waals surface area contributed by atoms with E-state index in [0.717, 1.165) is 5.69 Å². The third-order valence-corrected chi connectivity index (χ3v) is 2.57. The fourth-order valence-electron chi connectivity index (χ4n) is 1.03. The van der Waals surface area contributed by atoms with Gasteiger partial charge in [0.25, 0.3) is 0 Å². The normalized spacial score (nSPS) is 12.6. The maximum atomic E-state index is 11.9. The van der Waals surface area contributed by atoms with Crippen molar-refractivity contribution in [3.63, 3.8) is 0 Å². The maximum absolute atomic E-state index is 11.9. The van der Waals surface area contributed by atoms with Gasteiger partial charge in [0.2, 0.25) is 0 Å². The summed E-state index contributed by atoms with van der Waals surface area (Å²) in [5.41, 5.74) is 1.36. The smallest absolute Gasteiger partial charge is 0.318 e. The largest absolute Gasteiger partial charge is 0.459 e. The lowest BCUT2D eigenvalue weighted by atomic mass is 9.90. The van der Waals surface area contributed by atoms with Gasteiger partial charge in [-0.3, -0.25) is 4.79 Å². The van der Waals surface area contributed by atoms with E-state index in [0.29, 0.717) is 0 Å². The van der Waals surface area contributed by atoms with Crippen molar-refractivity contribution in [1.82, 2.24) is 4.98 Å². The highest BCUT2D eigenvalue weighted by Crippen LogP contribution is 2.26. The Morgan fingerprint density at radius 1 is 1.33 bits per heavy atom. The number of carbonyl (C=O) groups is 1.